The second-order valence-corrected chi connectivity index (χ2v) is 5.53. The molecule has 2 aromatic rings. The number of benzene rings is 1. The quantitative estimate of drug-likeness (QED) is 0.484. The Morgan fingerprint density at radius 3 is 2.48 bits per heavy atom. The molecule has 0 aliphatic rings. The number of nitrogens with zero attached hydrogens (tertiary/aromatic N) is 2. The number of carbonyl (C=O) groups is 2. The van der Waals surface area contributed by atoms with E-state index in [9.17, 15) is 32.9 Å². The normalized spacial score (nSPS) is 12.3. The molecular weight excluding hydrogens is 371 g/mol. The van der Waals surface area contributed by atoms with Gasteiger partial charge >= 0.3 is 12.1 Å². The summed E-state index contributed by atoms with van der Waals surface area (Å²) in [6, 6.07) is 4.94. The van der Waals surface area contributed by atoms with Gasteiger partial charge < -0.3 is 14.6 Å². The van der Waals surface area contributed by atoms with Crippen LogP contribution in [0, 0.1) is 10.1 Å². The number of hydrogen-bond acceptors (Lipinski definition) is 5. The third-order valence-corrected chi connectivity index (χ3v) is 3.58. The summed E-state index contributed by atoms with van der Waals surface area (Å²) in [4.78, 5) is 33.8. The number of nitro benzene ring substituents is 1. The predicted octanol–water partition coefficient (Wildman–Crippen LogP) is 3.14. The Bertz CT molecular complexity index is 892. The van der Waals surface area contributed by atoms with E-state index in [0.29, 0.717) is 6.07 Å². The number of alkyl halides is 3. The maximum absolute atomic E-state index is 13.1. The first-order valence-corrected chi connectivity index (χ1v) is 7.49. The lowest BCUT2D eigenvalue weighted by atomic mass is 10.1. The summed E-state index contributed by atoms with van der Waals surface area (Å²) in [7, 11) is 1.58. The Kier molecular flexibility index (Phi) is 5.52. The van der Waals surface area contributed by atoms with Crippen molar-refractivity contribution < 1.29 is 32.4 Å². The Balaban J connectivity index is 2.18. The first kappa shape index (κ1) is 19.9. The fourth-order valence-electron chi connectivity index (χ4n) is 2.17. The van der Waals surface area contributed by atoms with Crippen LogP contribution in [0.4, 0.5) is 24.5 Å². The number of halogens is 3. The van der Waals surface area contributed by atoms with Crippen LogP contribution >= 0.6 is 0 Å². The zero-order chi connectivity index (χ0) is 20.4. The lowest BCUT2D eigenvalue weighted by Gasteiger charge is -2.17. The summed E-state index contributed by atoms with van der Waals surface area (Å²) in [6.07, 6.45) is -4.76. The number of carbonyl (C=O) groups excluding carboxylic acids is 2. The van der Waals surface area contributed by atoms with Crippen LogP contribution in [0.3, 0.4) is 0 Å². The molecule has 0 aliphatic heterocycles. The molecule has 0 saturated heterocycles. The van der Waals surface area contributed by atoms with Crippen molar-refractivity contribution in [3.8, 4) is 0 Å². The highest BCUT2D eigenvalue weighted by atomic mass is 19.4. The highest BCUT2D eigenvalue weighted by Gasteiger charge is 2.36. The minimum Gasteiger partial charge on any atom is -0.448 e. The molecule has 1 aromatic carbocycles. The number of rotatable bonds is 5. The topological polar surface area (TPSA) is 103 Å². The molecule has 0 spiro atoms. The molecule has 8 nitrogen and oxygen atoms in total. The van der Waals surface area contributed by atoms with Crippen molar-refractivity contribution in [2.75, 3.05) is 5.32 Å². The van der Waals surface area contributed by atoms with E-state index in [1.54, 1.807) is 19.3 Å². The maximum atomic E-state index is 13.1. The summed E-state index contributed by atoms with van der Waals surface area (Å²) in [6.45, 7) is 1.19. The summed E-state index contributed by atoms with van der Waals surface area (Å²) < 4.78 is 45.8. The standard InChI is InChI=1S/C16H14F3N3O5/c1-9(27-15(24)13-4-3-7-21(13)2)14(23)20-12-6-5-10(22(25)26)8-11(12)16(17,18)19/h3-9H,1-2H3,(H,20,23). The van der Waals surface area contributed by atoms with Crippen LogP contribution < -0.4 is 5.32 Å². The number of nitrogens with one attached hydrogen (secondary N) is 1. The van der Waals surface area contributed by atoms with Gasteiger partial charge in [0.15, 0.2) is 6.10 Å². The molecule has 1 aromatic heterocycles. The van der Waals surface area contributed by atoms with Crippen LogP contribution in [0.25, 0.3) is 0 Å². The number of esters is 1. The Hall–Kier alpha value is -3.37. The Morgan fingerprint density at radius 2 is 1.96 bits per heavy atom. The van der Waals surface area contributed by atoms with Crippen LogP contribution in [0.2, 0.25) is 0 Å². The van der Waals surface area contributed by atoms with Crippen LogP contribution in [-0.2, 0) is 22.8 Å². The zero-order valence-electron chi connectivity index (χ0n) is 14.1. The van der Waals surface area contributed by atoms with Crippen molar-refractivity contribution in [3.05, 3.63) is 57.9 Å². The average molecular weight is 385 g/mol. The number of nitro groups is 1. The molecule has 0 bridgehead atoms. The van der Waals surface area contributed by atoms with Crippen molar-refractivity contribution in [1.29, 1.82) is 0 Å². The van der Waals surface area contributed by atoms with Gasteiger partial charge in [-0.2, -0.15) is 13.2 Å². The minimum absolute atomic E-state index is 0.154. The van der Waals surface area contributed by atoms with Crippen molar-refractivity contribution in [2.24, 2.45) is 7.05 Å². The number of aryl methyl sites for hydroxylation is 1. The van der Waals surface area contributed by atoms with Crippen LogP contribution in [-0.4, -0.2) is 27.5 Å². The van der Waals surface area contributed by atoms with E-state index in [2.05, 4.69) is 0 Å². The molecule has 1 amide bonds. The van der Waals surface area contributed by atoms with Crippen LogP contribution in [0.15, 0.2) is 36.5 Å². The third-order valence-electron chi connectivity index (χ3n) is 3.58. The zero-order valence-corrected chi connectivity index (χ0v) is 14.1. The summed E-state index contributed by atoms with van der Waals surface area (Å²) in [5.41, 5.74) is -2.68. The molecular formula is C16H14F3N3O5. The van der Waals surface area contributed by atoms with Crippen molar-refractivity contribution in [2.45, 2.75) is 19.2 Å². The van der Waals surface area contributed by atoms with Crippen molar-refractivity contribution in [1.82, 2.24) is 4.57 Å². The number of hydrogen-bond donors (Lipinski definition) is 1. The number of amides is 1. The van der Waals surface area contributed by atoms with E-state index >= 15 is 0 Å². The van der Waals surface area contributed by atoms with E-state index in [1.807, 2.05) is 5.32 Å². The fourth-order valence-corrected chi connectivity index (χ4v) is 2.17. The van der Waals surface area contributed by atoms with Gasteiger partial charge in [-0.05, 0) is 25.1 Å². The molecule has 0 fully saturated rings. The molecule has 0 aliphatic carbocycles. The van der Waals surface area contributed by atoms with Crippen molar-refractivity contribution >= 4 is 23.3 Å². The van der Waals surface area contributed by atoms with E-state index in [4.69, 9.17) is 4.74 Å². The fraction of sp³-hybridized carbons (Fsp3) is 0.250. The van der Waals surface area contributed by atoms with Gasteiger partial charge in [-0.25, -0.2) is 4.79 Å². The highest BCUT2D eigenvalue weighted by molar-refractivity contribution is 5.97. The monoisotopic (exact) mass is 385 g/mol. The molecule has 2 rings (SSSR count). The average Bonchev–Trinajstić information content (AvgIpc) is 3.00. The second-order valence-electron chi connectivity index (χ2n) is 5.53. The van der Waals surface area contributed by atoms with Gasteiger partial charge in [0.05, 0.1) is 16.2 Å². The van der Waals surface area contributed by atoms with Gasteiger partial charge in [0, 0.05) is 25.4 Å². The van der Waals surface area contributed by atoms with Gasteiger partial charge in [0.2, 0.25) is 0 Å². The number of anilines is 1. The lowest BCUT2D eigenvalue weighted by Crippen LogP contribution is -2.31. The summed E-state index contributed by atoms with van der Waals surface area (Å²) >= 11 is 0. The second kappa shape index (κ2) is 7.48. The van der Waals surface area contributed by atoms with Gasteiger partial charge in [0.25, 0.3) is 11.6 Å². The molecule has 1 unspecified atom stereocenters. The molecule has 11 heteroatoms. The molecule has 1 atom stereocenters. The summed E-state index contributed by atoms with van der Waals surface area (Å²) in [5, 5.41) is 12.7. The van der Waals surface area contributed by atoms with E-state index in [0.717, 1.165) is 12.1 Å². The van der Waals surface area contributed by atoms with Gasteiger partial charge in [0.1, 0.15) is 5.69 Å². The van der Waals surface area contributed by atoms with Gasteiger partial charge in [-0.1, -0.05) is 0 Å². The first-order valence-electron chi connectivity index (χ1n) is 7.49. The SMILES string of the molecule is CC(OC(=O)c1cccn1C)C(=O)Nc1ccc([N+](=O)[O-])cc1C(F)(F)F. The van der Waals surface area contributed by atoms with E-state index in [-0.39, 0.29) is 5.69 Å². The first-order chi connectivity index (χ1) is 12.5. The molecule has 1 N–H and O–H groups in total. The number of non-ortho nitro benzene ring substituents is 1. The summed E-state index contributed by atoms with van der Waals surface area (Å²) in [5.74, 6) is -1.85. The minimum atomic E-state index is -4.93. The molecule has 27 heavy (non-hydrogen) atoms. The highest BCUT2D eigenvalue weighted by Crippen LogP contribution is 2.37. The Morgan fingerprint density at radius 1 is 1.30 bits per heavy atom. The predicted molar refractivity (Wildman–Crippen MR) is 87.0 cm³/mol. The molecule has 0 radical (unpaired) electrons. The maximum Gasteiger partial charge on any atom is 0.418 e. The number of ether oxygens (including phenoxy) is 1. The van der Waals surface area contributed by atoms with E-state index in [1.165, 1.54) is 17.6 Å². The van der Waals surface area contributed by atoms with E-state index < -0.39 is 46.0 Å². The van der Waals surface area contributed by atoms with Crippen LogP contribution in [0.5, 0.6) is 0 Å². The number of aromatic nitrogens is 1. The Labute approximate surface area is 150 Å². The molecule has 0 saturated carbocycles. The van der Waals surface area contributed by atoms with Gasteiger partial charge in [-0.3, -0.25) is 14.9 Å². The molecule has 144 valence electrons. The largest absolute Gasteiger partial charge is 0.448 e. The molecule has 1 heterocycles. The lowest BCUT2D eigenvalue weighted by molar-refractivity contribution is -0.385. The van der Waals surface area contributed by atoms with Crippen molar-refractivity contribution in [3.63, 3.8) is 0 Å². The van der Waals surface area contributed by atoms with Crippen LogP contribution in [0.1, 0.15) is 23.0 Å². The van der Waals surface area contributed by atoms with Gasteiger partial charge in [-0.15, -0.1) is 0 Å². The third kappa shape index (κ3) is 4.63. The smallest absolute Gasteiger partial charge is 0.418 e.